The predicted molar refractivity (Wildman–Crippen MR) is 65.7 cm³/mol. The van der Waals surface area contributed by atoms with E-state index >= 15 is 0 Å². The largest absolute Gasteiger partial charge is 0.494 e. The maximum Gasteiger partial charge on any atom is 0.169 e. The number of likely N-dealkylation sites (N-methyl/N-ethyl adjacent to an activating group) is 1. The summed E-state index contributed by atoms with van der Waals surface area (Å²) >= 11 is 0. The summed E-state index contributed by atoms with van der Waals surface area (Å²) in [6.07, 6.45) is 1.13. The molecule has 3 nitrogen and oxygen atoms in total. The van der Waals surface area contributed by atoms with E-state index in [4.69, 9.17) is 4.74 Å². The van der Waals surface area contributed by atoms with Crippen molar-refractivity contribution in [2.24, 2.45) is 0 Å². The van der Waals surface area contributed by atoms with Crippen LogP contribution in [-0.2, 0) is 6.54 Å². The quantitative estimate of drug-likeness (QED) is 0.863. The summed E-state index contributed by atoms with van der Waals surface area (Å²) in [7, 11) is 3.59. The second-order valence-electron chi connectivity index (χ2n) is 4.56. The molecule has 0 amide bonds. The molecular formula is C13H19FN2O. The SMILES string of the molecule is COc1cccc(CNC2CCN(C)C2)c1F. The van der Waals surface area contributed by atoms with Crippen LogP contribution in [0.4, 0.5) is 4.39 Å². The third kappa shape index (κ3) is 2.96. The maximum atomic E-state index is 13.8. The van der Waals surface area contributed by atoms with E-state index in [1.165, 1.54) is 7.11 Å². The molecule has 0 aliphatic carbocycles. The summed E-state index contributed by atoms with van der Waals surface area (Å²) in [5, 5.41) is 3.38. The van der Waals surface area contributed by atoms with Crippen LogP contribution in [0.25, 0.3) is 0 Å². The molecule has 1 N–H and O–H groups in total. The average molecular weight is 238 g/mol. The number of halogens is 1. The highest BCUT2D eigenvalue weighted by Crippen LogP contribution is 2.20. The Bertz CT molecular complexity index is 384. The van der Waals surface area contributed by atoms with Crippen molar-refractivity contribution < 1.29 is 9.13 Å². The van der Waals surface area contributed by atoms with Gasteiger partial charge in [0.25, 0.3) is 0 Å². The molecule has 17 heavy (non-hydrogen) atoms. The Hall–Kier alpha value is -1.13. The Morgan fingerprint density at radius 1 is 1.53 bits per heavy atom. The number of methoxy groups -OCH3 is 1. The molecule has 1 heterocycles. The molecular weight excluding hydrogens is 219 g/mol. The third-order valence-corrected chi connectivity index (χ3v) is 3.24. The minimum atomic E-state index is -0.256. The lowest BCUT2D eigenvalue weighted by molar-refractivity contribution is 0.380. The summed E-state index contributed by atoms with van der Waals surface area (Å²) in [6, 6.07) is 5.72. The van der Waals surface area contributed by atoms with Gasteiger partial charge in [0.1, 0.15) is 0 Å². The van der Waals surface area contributed by atoms with Gasteiger partial charge in [-0.05, 0) is 26.1 Å². The number of nitrogens with one attached hydrogen (secondary N) is 1. The van der Waals surface area contributed by atoms with Crippen molar-refractivity contribution in [1.82, 2.24) is 10.2 Å². The van der Waals surface area contributed by atoms with E-state index in [1.54, 1.807) is 12.1 Å². The fourth-order valence-corrected chi connectivity index (χ4v) is 2.21. The van der Waals surface area contributed by atoms with Crippen LogP contribution in [0, 0.1) is 5.82 Å². The molecule has 0 bridgehead atoms. The highest BCUT2D eigenvalue weighted by Gasteiger charge is 2.19. The fourth-order valence-electron chi connectivity index (χ4n) is 2.21. The molecule has 1 aromatic carbocycles. The molecule has 4 heteroatoms. The van der Waals surface area contributed by atoms with Gasteiger partial charge < -0.3 is 15.0 Å². The molecule has 0 aromatic heterocycles. The molecule has 94 valence electrons. The predicted octanol–water partition coefficient (Wildman–Crippen LogP) is 1.63. The minimum absolute atomic E-state index is 0.256. The first kappa shape index (κ1) is 12.3. The molecule has 0 saturated carbocycles. The van der Waals surface area contributed by atoms with Crippen LogP contribution in [0.3, 0.4) is 0 Å². The summed E-state index contributed by atoms with van der Waals surface area (Å²) < 4.78 is 18.8. The topological polar surface area (TPSA) is 24.5 Å². The second kappa shape index (κ2) is 5.47. The van der Waals surface area contributed by atoms with Gasteiger partial charge in [0.2, 0.25) is 0 Å². The van der Waals surface area contributed by atoms with E-state index in [2.05, 4.69) is 17.3 Å². The monoisotopic (exact) mass is 238 g/mol. The van der Waals surface area contributed by atoms with Gasteiger partial charge in [-0.2, -0.15) is 0 Å². The van der Waals surface area contributed by atoms with Crippen LogP contribution in [-0.4, -0.2) is 38.2 Å². The van der Waals surface area contributed by atoms with Crippen LogP contribution < -0.4 is 10.1 Å². The summed E-state index contributed by atoms with van der Waals surface area (Å²) in [6.45, 7) is 2.70. The van der Waals surface area contributed by atoms with Crippen molar-refractivity contribution in [2.45, 2.75) is 19.0 Å². The van der Waals surface area contributed by atoms with E-state index in [0.717, 1.165) is 19.5 Å². The molecule has 1 saturated heterocycles. The van der Waals surface area contributed by atoms with Crippen LogP contribution >= 0.6 is 0 Å². The van der Waals surface area contributed by atoms with Crippen LogP contribution in [0.1, 0.15) is 12.0 Å². The average Bonchev–Trinajstić information content (AvgIpc) is 2.74. The van der Waals surface area contributed by atoms with Gasteiger partial charge in [-0.1, -0.05) is 12.1 Å². The third-order valence-electron chi connectivity index (χ3n) is 3.24. The minimum Gasteiger partial charge on any atom is -0.494 e. The van der Waals surface area contributed by atoms with Crippen LogP contribution in [0.15, 0.2) is 18.2 Å². The maximum absolute atomic E-state index is 13.8. The second-order valence-corrected chi connectivity index (χ2v) is 4.56. The Kier molecular flexibility index (Phi) is 3.97. The van der Waals surface area contributed by atoms with Crippen molar-refractivity contribution in [2.75, 3.05) is 27.2 Å². The summed E-state index contributed by atoms with van der Waals surface area (Å²) in [4.78, 5) is 2.28. The van der Waals surface area contributed by atoms with E-state index in [9.17, 15) is 4.39 Å². The van der Waals surface area contributed by atoms with Gasteiger partial charge in [-0.15, -0.1) is 0 Å². The molecule has 1 aromatic rings. The number of hydrogen-bond donors (Lipinski definition) is 1. The zero-order valence-electron chi connectivity index (χ0n) is 10.4. The van der Waals surface area contributed by atoms with Gasteiger partial charge >= 0.3 is 0 Å². The normalized spacial score (nSPS) is 20.8. The molecule has 2 rings (SSSR count). The van der Waals surface area contributed by atoms with Crippen molar-refractivity contribution in [3.63, 3.8) is 0 Å². The van der Waals surface area contributed by atoms with E-state index in [1.807, 2.05) is 6.07 Å². The van der Waals surface area contributed by atoms with Gasteiger partial charge in [0.05, 0.1) is 7.11 Å². The highest BCUT2D eigenvalue weighted by molar-refractivity contribution is 5.30. The number of benzene rings is 1. The van der Waals surface area contributed by atoms with Crippen molar-refractivity contribution in [3.8, 4) is 5.75 Å². The Morgan fingerprint density at radius 2 is 2.35 bits per heavy atom. The number of ether oxygens (including phenoxy) is 1. The fraction of sp³-hybridized carbons (Fsp3) is 0.538. The number of nitrogens with zero attached hydrogens (tertiary/aromatic N) is 1. The summed E-state index contributed by atoms with van der Waals surface area (Å²) in [5.41, 5.74) is 0.666. The molecule has 1 unspecified atom stereocenters. The van der Waals surface area contributed by atoms with Gasteiger partial charge in [-0.25, -0.2) is 4.39 Å². The first-order valence-corrected chi connectivity index (χ1v) is 5.94. The number of rotatable bonds is 4. The van der Waals surface area contributed by atoms with Gasteiger partial charge in [-0.3, -0.25) is 0 Å². The molecule has 1 aliphatic heterocycles. The Balaban J connectivity index is 1.95. The van der Waals surface area contributed by atoms with Crippen LogP contribution in [0.2, 0.25) is 0 Å². The van der Waals surface area contributed by atoms with Crippen molar-refractivity contribution >= 4 is 0 Å². The smallest absolute Gasteiger partial charge is 0.169 e. The first-order chi connectivity index (χ1) is 8.20. The Morgan fingerprint density at radius 3 is 3.00 bits per heavy atom. The van der Waals surface area contributed by atoms with E-state index in [0.29, 0.717) is 23.9 Å². The van der Waals surface area contributed by atoms with Crippen molar-refractivity contribution in [1.29, 1.82) is 0 Å². The van der Waals surface area contributed by atoms with E-state index < -0.39 is 0 Å². The zero-order chi connectivity index (χ0) is 12.3. The lowest BCUT2D eigenvalue weighted by Gasteiger charge is -2.14. The molecule has 1 fully saturated rings. The lowest BCUT2D eigenvalue weighted by Crippen LogP contribution is -2.31. The number of hydrogen-bond acceptors (Lipinski definition) is 3. The molecule has 0 spiro atoms. The number of likely N-dealkylation sites (tertiary alicyclic amines) is 1. The Labute approximate surface area is 102 Å². The standard InChI is InChI=1S/C13H19FN2O/c1-16-7-6-11(9-16)15-8-10-4-3-5-12(17-2)13(10)14/h3-5,11,15H,6-9H2,1-2H3. The highest BCUT2D eigenvalue weighted by atomic mass is 19.1. The molecule has 1 atom stereocenters. The van der Waals surface area contributed by atoms with E-state index in [-0.39, 0.29) is 5.82 Å². The molecule has 0 radical (unpaired) electrons. The first-order valence-electron chi connectivity index (χ1n) is 5.94. The zero-order valence-corrected chi connectivity index (χ0v) is 10.4. The van der Waals surface area contributed by atoms with Crippen molar-refractivity contribution in [3.05, 3.63) is 29.6 Å². The molecule has 1 aliphatic rings. The van der Waals surface area contributed by atoms with Gasteiger partial charge in [0.15, 0.2) is 11.6 Å². The van der Waals surface area contributed by atoms with Gasteiger partial charge in [0, 0.05) is 24.7 Å². The van der Waals surface area contributed by atoms with Crippen LogP contribution in [0.5, 0.6) is 5.75 Å². The lowest BCUT2D eigenvalue weighted by atomic mass is 10.1. The summed E-state index contributed by atoms with van der Waals surface area (Å²) in [5.74, 6) is 0.0571.